The van der Waals surface area contributed by atoms with Gasteiger partial charge in [0.05, 0.1) is 11.1 Å². The first-order chi connectivity index (χ1) is 9.22. The molecule has 96 valence electrons. The van der Waals surface area contributed by atoms with Crippen molar-refractivity contribution in [2.75, 3.05) is 0 Å². The number of nitrogens with zero attached hydrogens (tertiary/aromatic N) is 1. The second kappa shape index (κ2) is 6.33. The summed E-state index contributed by atoms with van der Waals surface area (Å²) in [5.41, 5.74) is 1.30. The van der Waals surface area contributed by atoms with Gasteiger partial charge in [-0.1, -0.05) is 54.1 Å². The van der Waals surface area contributed by atoms with Crippen LogP contribution in [0.1, 0.15) is 17.2 Å². The first kappa shape index (κ1) is 13.5. The number of nitriles is 1. The van der Waals surface area contributed by atoms with Gasteiger partial charge in [-0.3, -0.25) is 5.32 Å². The Kier molecular flexibility index (Phi) is 4.51. The van der Waals surface area contributed by atoms with Crippen LogP contribution in [0.3, 0.4) is 0 Å². The van der Waals surface area contributed by atoms with Crippen LogP contribution in [0.15, 0.2) is 48.5 Å². The second-order valence-corrected chi connectivity index (χ2v) is 4.48. The average Bonchev–Trinajstić information content (AvgIpc) is 2.45. The van der Waals surface area contributed by atoms with Crippen LogP contribution in [0.25, 0.3) is 0 Å². The Morgan fingerprint density at radius 1 is 1.16 bits per heavy atom. The number of halogens is 2. The summed E-state index contributed by atoms with van der Waals surface area (Å²) in [6, 6.07) is 15.6. The van der Waals surface area contributed by atoms with E-state index in [9.17, 15) is 4.39 Å². The highest BCUT2D eigenvalue weighted by Gasteiger charge is 2.16. The highest BCUT2D eigenvalue weighted by Crippen LogP contribution is 2.23. The fourth-order valence-electron chi connectivity index (χ4n) is 1.78. The molecule has 0 amide bonds. The van der Waals surface area contributed by atoms with Gasteiger partial charge in [0.1, 0.15) is 11.9 Å². The summed E-state index contributed by atoms with van der Waals surface area (Å²) >= 11 is 5.72. The van der Waals surface area contributed by atoms with Crippen molar-refractivity contribution in [2.45, 2.75) is 12.6 Å². The predicted molar refractivity (Wildman–Crippen MR) is 73.0 cm³/mol. The average molecular weight is 275 g/mol. The molecule has 0 aromatic heterocycles. The molecule has 0 aliphatic heterocycles. The molecule has 0 radical (unpaired) electrons. The van der Waals surface area contributed by atoms with Crippen LogP contribution < -0.4 is 5.32 Å². The Morgan fingerprint density at radius 3 is 2.58 bits per heavy atom. The Bertz CT molecular complexity index is 593. The molecule has 0 aliphatic carbocycles. The van der Waals surface area contributed by atoms with Crippen molar-refractivity contribution in [1.82, 2.24) is 5.32 Å². The zero-order valence-corrected chi connectivity index (χ0v) is 10.9. The topological polar surface area (TPSA) is 35.8 Å². The first-order valence-electron chi connectivity index (χ1n) is 5.83. The third kappa shape index (κ3) is 3.31. The molecule has 0 heterocycles. The van der Waals surface area contributed by atoms with Crippen molar-refractivity contribution in [1.29, 1.82) is 5.26 Å². The van der Waals surface area contributed by atoms with E-state index >= 15 is 0 Å². The molecule has 2 rings (SSSR count). The van der Waals surface area contributed by atoms with Crippen LogP contribution in [-0.4, -0.2) is 0 Å². The van der Waals surface area contributed by atoms with Crippen LogP contribution in [-0.2, 0) is 6.54 Å². The SMILES string of the molecule is N#CC(NCc1ccccc1)c1cccc(Cl)c1F. The molecule has 0 fully saturated rings. The second-order valence-electron chi connectivity index (χ2n) is 4.07. The van der Waals surface area contributed by atoms with Gasteiger partial charge >= 0.3 is 0 Å². The third-order valence-corrected chi connectivity index (χ3v) is 3.07. The maximum absolute atomic E-state index is 13.8. The lowest BCUT2D eigenvalue weighted by molar-refractivity contribution is 0.562. The van der Waals surface area contributed by atoms with Gasteiger partial charge in [-0.15, -0.1) is 0 Å². The van der Waals surface area contributed by atoms with Crippen molar-refractivity contribution in [2.24, 2.45) is 0 Å². The summed E-state index contributed by atoms with van der Waals surface area (Å²) in [5, 5.41) is 12.2. The molecule has 0 saturated carbocycles. The lowest BCUT2D eigenvalue weighted by Gasteiger charge is -2.13. The molecule has 4 heteroatoms. The van der Waals surface area contributed by atoms with E-state index in [2.05, 4.69) is 5.32 Å². The molecule has 1 N–H and O–H groups in total. The minimum Gasteiger partial charge on any atom is -0.294 e. The van der Waals surface area contributed by atoms with Crippen molar-refractivity contribution < 1.29 is 4.39 Å². The van der Waals surface area contributed by atoms with Crippen molar-refractivity contribution >= 4 is 11.6 Å². The summed E-state index contributed by atoms with van der Waals surface area (Å²) in [7, 11) is 0. The van der Waals surface area contributed by atoms with Gasteiger partial charge in [-0.25, -0.2) is 4.39 Å². The van der Waals surface area contributed by atoms with E-state index in [-0.39, 0.29) is 10.6 Å². The van der Waals surface area contributed by atoms with Crippen LogP contribution in [0.5, 0.6) is 0 Å². The quantitative estimate of drug-likeness (QED) is 0.920. The smallest absolute Gasteiger partial charge is 0.147 e. The van der Waals surface area contributed by atoms with Gasteiger partial charge in [-0.2, -0.15) is 5.26 Å². The molecule has 1 atom stereocenters. The van der Waals surface area contributed by atoms with E-state index in [1.807, 2.05) is 36.4 Å². The maximum Gasteiger partial charge on any atom is 0.147 e. The Balaban J connectivity index is 2.13. The fraction of sp³-hybridized carbons (Fsp3) is 0.133. The molecule has 2 nitrogen and oxygen atoms in total. The molecular weight excluding hydrogens is 263 g/mol. The molecule has 1 unspecified atom stereocenters. The van der Waals surface area contributed by atoms with E-state index in [1.54, 1.807) is 12.1 Å². The first-order valence-corrected chi connectivity index (χ1v) is 6.21. The van der Waals surface area contributed by atoms with E-state index in [0.717, 1.165) is 5.56 Å². The van der Waals surface area contributed by atoms with Gasteiger partial charge in [0.15, 0.2) is 0 Å². The molecular formula is C15H12ClFN2. The van der Waals surface area contributed by atoms with E-state index in [4.69, 9.17) is 16.9 Å². The molecule has 0 bridgehead atoms. The molecule has 0 saturated heterocycles. The maximum atomic E-state index is 13.8. The van der Waals surface area contributed by atoms with Gasteiger partial charge in [0.25, 0.3) is 0 Å². The summed E-state index contributed by atoms with van der Waals surface area (Å²) in [5.74, 6) is -0.545. The minimum absolute atomic E-state index is 0.0271. The minimum atomic E-state index is -0.723. The van der Waals surface area contributed by atoms with E-state index in [1.165, 1.54) is 6.07 Å². The van der Waals surface area contributed by atoms with Crippen molar-refractivity contribution in [3.63, 3.8) is 0 Å². The van der Waals surface area contributed by atoms with Crippen molar-refractivity contribution in [3.05, 3.63) is 70.5 Å². The number of benzene rings is 2. The van der Waals surface area contributed by atoms with Crippen LogP contribution in [0, 0.1) is 17.1 Å². The number of nitrogens with one attached hydrogen (secondary N) is 1. The van der Waals surface area contributed by atoms with Crippen LogP contribution in [0.2, 0.25) is 5.02 Å². The summed E-state index contributed by atoms with van der Waals surface area (Å²) < 4.78 is 13.8. The Labute approximate surface area is 116 Å². The fourth-order valence-corrected chi connectivity index (χ4v) is 1.97. The highest BCUT2D eigenvalue weighted by atomic mass is 35.5. The number of hydrogen-bond donors (Lipinski definition) is 1. The Hall–Kier alpha value is -1.89. The summed E-state index contributed by atoms with van der Waals surface area (Å²) in [6.07, 6.45) is 0. The standard InChI is InChI=1S/C15H12ClFN2/c16-13-8-4-7-12(15(13)17)14(9-18)19-10-11-5-2-1-3-6-11/h1-8,14,19H,10H2. The third-order valence-electron chi connectivity index (χ3n) is 2.77. The summed E-state index contributed by atoms with van der Waals surface area (Å²) in [6.45, 7) is 0.491. The normalized spacial score (nSPS) is 11.8. The lowest BCUT2D eigenvalue weighted by Crippen LogP contribution is -2.20. The summed E-state index contributed by atoms with van der Waals surface area (Å²) in [4.78, 5) is 0. The van der Waals surface area contributed by atoms with E-state index in [0.29, 0.717) is 6.54 Å². The molecule has 0 spiro atoms. The zero-order chi connectivity index (χ0) is 13.7. The van der Waals surface area contributed by atoms with Crippen molar-refractivity contribution in [3.8, 4) is 6.07 Å². The van der Waals surface area contributed by atoms with Crippen LogP contribution >= 0.6 is 11.6 Å². The van der Waals surface area contributed by atoms with E-state index < -0.39 is 11.9 Å². The van der Waals surface area contributed by atoms with Gasteiger partial charge in [0, 0.05) is 12.1 Å². The molecule has 2 aromatic rings. The zero-order valence-electron chi connectivity index (χ0n) is 10.1. The van der Waals surface area contributed by atoms with Gasteiger partial charge in [-0.05, 0) is 11.6 Å². The van der Waals surface area contributed by atoms with Crippen LogP contribution in [0.4, 0.5) is 4.39 Å². The number of hydrogen-bond acceptors (Lipinski definition) is 2. The van der Waals surface area contributed by atoms with Gasteiger partial charge in [0.2, 0.25) is 0 Å². The number of rotatable bonds is 4. The predicted octanol–water partition coefficient (Wildman–Crippen LogP) is 3.83. The lowest BCUT2D eigenvalue weighted by atomic mass is 10.1. The highest BCUT2D eigenvalue weighted by molar-refractivity contribution is 6.30. The monoisotopic (exact) mass is 274 g/mol. The molecule has 19 heavy (non-hydrogen) atoms. The Morgan fingerprint density at radius 2 is 1.89 bits per heavy atom. The largest absolute Gasteiger partial charge is 0.294 e. The molecule has 2 aromatic carbocycles. The van der Waals surface area contributed by atoms with Gasteiger partial charge < -0.3 is 0 Å². The molecule has 0 aliphatic rings.